The number of hydrogen-bond donors (Lipinski definition) is 0. The number of esters is 3. The first-order valence-electron chi connectivity index (χ1n) is 9.48. The smallest absolute Gasteiger partial charge is 0.303 e. The average Bonchev–Trinajstić information content (AvgIpc) is 2.56. The Morgan fingerprint density at radius 1 is 0.808 bits per heavy atom. The van der Waals surface area contributed by atoms with E-state index in [2.05, 4.69) is 0 Å². The largest absolute Gasteiger partial charge is 0.466 e. The van der Waals surface area contributed by atoms with Gasteiger partial charge in [0.1, 0.15) is 6.10 Å². The molecule has 0 saturated heterocycles. The van der Waals surface area contributed by atoms with Crippen molar-refractivity contribution in [1.82, 2.24) is 0 Å². The zero-order chi connectivity index (χ0) is 19.1. The minimum Gasteiger partial charge on any atom is -0.466 e. The van der Waals surface area contributed by atoms with Crippen LogP contribution in [0.25, 0.3) is 0 Å². The summed E-state index contributed by atoms with van der Waals surface area (Å²) in [5, 5.41) is 0. The van der Waals surface area contributed by atoms with E-state index in [9.17, 15) is 14.4 Å². The molecule has 0 aliphatic heterocycles. The van der Waals surface area contributed by atoms with Crippen molar-refractivity contribution < 1.29 is 33.3 Å². The van der Waals surface area contributed by atoms with Gasteiger partial charge in [0.15, 0.2) is 6.10 Å². The van der Waals surface area contributed by atoms with Crippen LogP contribution in [0.4, 0.5) is 0 Å². The van der Waals surface area contributed by atoms with Gasteiger partial charge >= 0.3 is 17.9 Å². The van der Waals surface area contributed by atoms with Gasteiger partial charge in [0.25, 0.3) is 0 Å². The first-order valence-corrected chi connectivity index (χ1v) is 9.48. The fraction of sp³-hybridized carbons (Fsp3) is 0.842. The summed E-state index contributed by atoms with van der Waals surface area (Å²) in [5.41, 5.74) is 0. The molecule has 148 valence electrons. The van der Waals surface area contributed by atoms with Crippen LogP contribution in [0.15, 0.2) is 0 Å². The van der Waals surface area contributed by atoms with E-state index in [4.69, 9.17) is 18.9 Å². The molecule has 0 aromatic carbocycles. The number of rotatable bonds is 6. The molecule has 0 heterocycles. The van der Waals surface area contributed by atoms with E-state index in [1.54, 1.807) is 0 Å². The van der Waals surface area contributed by atoms with Crippen LogP contribution in [-0.4, -0.2) is 48.9 Å². The van der Waals surface area contributed by atoms with E-state index < -0.39 is 24.1 Å². The molecule has 0 bridgehead atoms. The predicted octanol–water partition coefficient (Wildman–Crippen LogP) is 2.54. The highest BCUT2D eigenvalue weighted by Gasteiger charge is 2.44. The highest BCUT2D eigenvalue weighted by molar-refractivity contribution is 5.67. The molecule has 4 atom stereocenters. The Labute approximate surface area is 154 Å². The summed E-state index contributed by atoms with van der Waals surface area (Å²) in [4.78, 5) is 34.3. The Hall–Kier alpha value is -1.63. The first-order chi connectivity index (χ1) is 12.3. The minimum atomic E-state index is -0.632. The van der Waals surface area contributed by atoms with Gasteiger partial charge in [-0.3, -0.25) is 14.4 Å². The average molecular weight is 370 g/mol. The molecule has 0 aromatic heterocycles. The Morgan fingerprint density at radius 2 is 1.42 bits per heavy atom. The van der Waals surface area contributed by atoms with Crippen molar-refractivity contribution in [3.05, 3.63) is 0 Å². The zero-order valence-corrected chi connectivity index (χ0v) is 15.9. The summed E-state index contributed by atoms with van der Waals surface area (Å²) in [6, 6.07) is 0. The summed E-state index contributed by atoms with van der Waals surface area (Å²) < 4.78 is 22.3. The summed E-state index contributed by atoms with van der Waals surface area (Å²) in [7, 11) is 0. The van der Waals surface area contributed by atoms with Gasteiger partial charge in [-0.05, 0) is 31.6 Å². The van der Waals surface area contributed by atoms with Gasteiger partial charge in [-0.15, -0.1) is 0 Å². The van der Waals surface area contributed by atoms with Gasteiger partial charge in [0, 0.05) is 20.8 Å². The zero-order valence-electron chi connectivity index (χ0n) is 15.9. The van der Waals surface area contributed by atoms with Crippen LogP contribution in [0, 0.1) is 5.92 Å². The fourth-order valence-corrected chi connectivity index (χ4v) is 3.89. The second-order valence-corrected chi connectivity index (χ2v) is 7.30. The quantitative estimate of drug-likeness (QED) is 0.524. The van der Waals surface area contributed by atoms with E-state index in [1.807, 2.05) is 0 Å². The van der Waals surface area contributed by atoms with E-state index >= 15 is 0 Å². The predicted molar refractivity (Wildman–Crippen MR) is 92.2 cm³/mol. The van der Waals surface area contributed by atoms with Crippen LogP contribution in [-0.2, 0) is 33.3 Å². The molecule has 2 fully saturated rings. The van der Waals surface area contributed by atoms with Gasteiger partial charge in [0.2, 0.25) is 0 Å². The van der Waals surface area contributed by atoms with Crippen molar-refractivity contribution in [2.24, 2.45) is 5.92 Å². The number of carbonyl (C=O) groups is 3. The molecule has 2 saturated carbocycles. The molecule has 0 N–H and O–H groups in total. The van der Waals surface area contributed by atoms with Crippen LogP contribution in [0.2, 0.25) is 0 Å². The highest BCUT2D eigenvalue weighted by atomic mass is 16.6. The molecule has 2 aliphatic rings. The Bertz CT molecular complexity index is 498. The highest BCUT2D eigenvalue weighted by Crippen LogP contribution is 2.34. The van der Waals surface area contributed by atoms with Crippen LogP contribution in [0.3, 0.4) is 0 Å². The minimum absolute atomic E-state index is 0.0105. The third kappa shape index (κ3) is 6.59. The third-order valence-corrected chi connectivity index (χ3v) is 4.93. The number of ether oxygens (including phenoxy) is 4. The van der Waals surface area contributed by atoms with E-state index in [0.29, 0.717) is 12.8 Å². The van der Waals surface area contributed by atoms with Crippen molar-refractivity contribution in [1.29, 1.82) is 0 Å². The SMILES string of the molecule is CC(=O)OC[C@@H]1C[C@@H](OC(C)=O)[C@@H](OC(C)=O)[C@H](OC2CCCCC2)C1. The maximum Gasteiger partial charge on any atom is 0.303 e. The Kier molecular flexibility index (Phi) is 7.87. The second kappa shape index (κ2) is 9.90. The molecular formula is C19H30O7. The number of carbonyl (C=O) groups excluding carboxylic acids is 3. The molecule has 2 aliphatic carbocycles. The van der Waals surface area contributed by atoms with E-state index in [0.717, 1.165) is 25.7 Å². The van der Waals surface area contributed by atoms with E-state index in [1.165, 1.54) is 27.2 Å². The molecule has 2 rings (SSSR count). The summed E-state index contributed by atoms with van der Waals surface area (Å²) in [6.45, 7) is 4.28. The molecular weight excluding hydrogens is 340 g/mol. The molecule has 0 unspecified atom stereocenters. The maximum absolute atomic E-state index is 11.6. The molecule has 26 heavy (non-hydrogen) atoms. The van der Waals surface area contributed by atoms with Crippen molar-refractivity contribution in [2.45, 2.75) is 90.1 Å². The topological polar surface area (TPSA) is 88.1 Å². The Morgan fingerprint density at radius 3 is 2.00 bits per heavy atom. The molecule has 7 heteroatoms. The van der Waals surface area contributed by atoms with Gasteiger partial charge in [0.05, 0.1) is 18.8 Å². The van der Waals surface area contributed by atoms with Gasteiger partial charge in [-0.1, -0.05) is 19.3 Å². The molecule has 0 radical (unpaired) electrons. The summed E-state index contributed by atoms with van der Waals surface area (Å²) in [5.74, 6) is -1.22. The fourth-order valence-electron chi connectivity index (χ4n) is 3.89. The lowest BCUT2D eigenvalue weighted by Gasteiger charge is -2.41. The lowest BCUT2D eigenvalue weighted by molar-refractivity contribution is -0.199. The van der Waals surface area contributed by atoms with Crippen molar-refractivity contribution in [2.75, 3.05) is 6.61 Å². The standard InChI is InChI=1S/C19H30O7/c1-12(20)23-11-15-9-17(24-13(2)21)19(25-14(3)22)18(10-15)26-16-7-5-4-6-8-16/h15-19H,4-11H2,1-3H3/t15-,17-,18-,19-/m1/s1. The van der Waals surface area contributed by atoms with Crippen molar-refractivity contribution >= 4 is 17.9 Å². The summed E-state index contributed by atoms with van der Waals surface area (Å²) in [6.07, 6.45) is 5.01. The van der Waals surface area contributed by atoms with Gasteiger partial charge in [-0.2, -0.15) is 0 Å². The van der Waals surface area contributed by atoms with Crippen LogP contribution in [0.5, 0.6) is 0 Å². The third-order valence-electron chi connectivity index (χ3n) is 4.93. The normalized spacial score (nSPS) is 29.7. The van der Waals surface area contributed by atoms with Crippen LogP contribution >= 0.6 is 0 Å². The maximum atomic E-state index is 11.6. The Balaban J connectivity index is 2.12. The monoisotopic (exact) mass is 370 g/mol. The van der Waals surface area contributed by atoms with E-state index in [-0.39, 0.29) is 30.7 Å². The molecule has 7 nitrogen and oxygen atoms in total. The number of hydrogen-bond acceptors (Lipinski definition) is 7. The van der Waals surface area contributed by atoms with Crippen molar-refractivity contribution in [3.8, 4) is 0 Å². The van der Waals surface area contributed by atoms with Crippen molar-refractivity contribution in [3.63, 3.8) is 0 Å². The van der Waals surface area contributed by atoms with Crippen LogP contribution in [0.1, 0.15) is 65.7 Å². The van der Waals surface area contributed by atoms with Gasteiger partial charge in [-0.25, -0.2) is 0 Å². The second-order valence-electron chi connectivity index (χ2n) is 7.30. The lowest BCUT2D eigenvalue weighted by atomic mass is 9.83. The first kappa shape index (κ1) is 20.7. The molecule has 0 amide bonds. The van der Waals surface area contributed by atoms with Crippen LogP contribution < -0.4 is 0 Å². The molecule has 0 spiro atoms. The van der Waals surface area contributed by atoms with Gasteiger partial charge < -0.3 is 18.9 Å². The molecule has 0 aromatic rings. The lowest BCUT2D eigenvalue weighted by Crippen LogP contribution is -2.51. The summed E-state index contributed by atoms with van der Waals surface area (Å²) >= 11 is 0.